The second-order valence-electron chi connectivity index (χ2n) is 9.28. The first-order valence-electron chi connectivity index (χ1n) is 9.34. The van der Waals surface area contributed by atoms with Gasteiger partial charge >= 0.3 is 0 Å². The highest BCUT2D eigenvalue weighted by Gasteiger charge is 2.67. The van der Waals surface area contributed by atoms with Crippen molar-refractivity contribution < 1.29 is 20.1 Å². The van der Waals surface area contributed by atoms with Gasteiger partial charge in [-0.2, -0.15) is 0 Å². The molecule has 4 rings (SSSR count). The molecule has 0 unspecified atom stereocenters. The fourth-order valence-electron chi connectivity index (χ4n) is 7.03. The first kappa shape index (κ1) is 16.0. The predicted octanol–water partition coefficient (Wildman–Crippen LogP) is 2.04. The van der Waals surface area contributed by atoms with E-state index in [4.69, 9.17) is 0 Å². The minimum Gasteiger partial charge on any atom is -0.393 e. The quantitative estimate of drug-likeness (QED) is 0.638. The average molecular weight is 322 g/mol. The molecular formula is C19H30O4. The summed E-state index contributed by atoms with van der Waals surface area (Å²) in [5.74, 6) is 1.44. The molecule has 4 saturated carbocycles. The summed E-state index contributed by atoms with van der Waals surface area (Å²) in [5.41, 5.74) is -1.73. The molecule has 3 N–H and O–H groups in total. The SMILES string of the molecule is C[C@]12CC[C@H]3[C@@H](C[C@H](O)[C@]4(O)C[C@@H](O)CC[C@]34C)[C@@H]1CCC2=O. The average Bonchev–Trinajstić information content (AvgIpc) is 2.79. The molecule has 0 aromatic rings. The molecule has 4 aliphatic carbocycles. The van der Waals surface area contributed by atoms with Gasteiger partial charge in [-0.1, -0.05) is 13.8 Å². The van der Waals surface area contributed by atoms with Crippen LogP contribution >= 0.6 is 0 Å². The molecular weight excluding hydrogens is 292 g/mol. The van der Waals surface area contributed by atoms with E-state index in [1.807, 2.05) is 0 Å². The lowest BCUT2D eigenvalue weighted by Gasteiger charge is -2.64. The van der Waals surface area contributed by atoms with E-state index < -0.39 is 17.8 Å². The maximum absolute atomic E-state index is 12.4. The van der Waals surface area contributed by atoms with Gasteiger partial charge in [-0.05, 0) is 56.3 Å². The fraction of sp³-hybridized carbons (Fsp3) is 0.947. The van der Waals surface area contributed by atoms with Crippen molar-refractivity contribution in [2.75, 3.05) is 0 Å². The predicted molar refractivity (Wildman–Crippen MR) is 85.6 cm³/mol. The van der Waals surface area contributed by atoms with E-state index in [1.165, 1.54) is 0 Å². The molecule has 0 spiro atoms. The lowest BCUT2D eigenvalue weighted by Crippen LogP contribution is -2.68. The van der Waals surface area contributed by atoms with E-state index in [0.29, 0.717) is 42.8 Å². The Balaban J connectivity index is 1.72. The fourth-order valence-corrected chi connectivity index (χ4v) is 7.03. The summed E-state index contributed by atoms with van der Waals surface area (Å²) in [6.45, 7) is 4.25. The molecule has 8 atom stereocenters. The molecule has 0 aliphatic heterocycles. The second kappa shape index (κ2) is 4.80. The third kappa shape index (κ3) is 1.86. The van der Waals surface area contributed by atoms with Gasteiger partial charge in [0.2, 0.25) is 0 Å². The van der Waals surface area contributed by atoms with Gasteiger partial charge in [0.1, 0.15) is 5.78 Å². The summed E-state index contributed by atoms with van der Waals surface area (Å²) in [5, 5.41) is 32.2. The van der Waals surface area contributed by atoms with Crippen LogP contribution in [0, 0.1) is 28.6 Å². The van der Waals surface area contributed by atoms with Gasteiger partial charge in [-0.15, -0.1) is 0 Å². The van der Waals surface area contributed by atoms with Crippen molar-refractivity contribution in [2.24, 2.45) is 28.6 Å². The van der Waals surface area contributed by atoms with Crippen molar-refractivity contribution >= 4 is 5.78 Å². The monoisotopic (exact) mass is 322 g/mol. The lowest BCUT2D eigenvalue weighted by atomic mass is 9.43. The number of rotatable bonds is 0. The van der Waals surface area contributed by atoms with Gasteiger partial charge < -0.3 is 15.3 Å². The van der Waals surface area contributed by atoms with Crippen molar-refractivity contribution in [3.05, 3.63) is 0 Å². The van der Waals surface area contributed by atoms with Crippen molar-refractivity contribution in [1.29, 1.82) is 0 Å². The second-order valence-corrected chi connectivity index (χ2v) is 9.28. The Morgan fingerprint density at radius 2 is 1.78 bits per heavy atom. The van der Waals surface area contributed by atoms with Crippen LogP contribution in [0.5, 0.6) is 0 Å². The van der Waals surface area contributed by atoms with Crippen molar-refractivity contribution in [3.8, 4) is 0 Å². The van der Waals surface area contributed by atoms with Gasteiger partial charge in [0, 0.05) is 23.7 Å². The van der Waals surface area contributed by atoms with Gasteiger partial charge in [-0.25, -0.2) is 0 Å². The third-order valence-corrected chi connectivity index (χ3v) is 8.54. The number of ketones is 1. The minimum absolute atomic E-state index is 0.207. The van der Waals surface area contributed by atoms with E-state index in [2.05, 4.69) is 13.8 Å². The Labute approximate surface area is 138 Å². The van der Waals surface area contributed by atoms with Crippen LogP contribution in [-0.2, 0) is 4.79 Å². The largest absolute Gasteiger partial charge is 0.393 e. The molecule has 4 fully saturated rings. The Bertz CT molecular complexity index is 533. The van der Waals surface area contributed by atoms with E-state index in [9.17, 15) is 20.1 Å². The maximum atomic E-state index is 12.4. The normalized spacial score (nSPS) is 59.2. The van der Waals surface area contributed by atoms with E-state index >= 15 is 0 Å². The Morgan fingerprint density at radius 1 is 1.04 bits per heavy atom. The van der Waals surface area contributed by atoms with E-state index in [0.717, 1.165) is 25.7 Å². The molecule has 23 heavy (non-hydrogen) atoms. The standard InChI is InChI=1S/C19H30O4/c1-17-7-6-14-12(13(17)3-4-15(17)21)9-16(22)19(23)10-11(20)5-8-18(14,19)2/h11-14,16,20,22-23H,3-10H2,1-2H3/t11-,12-,13-,14-,16-,17-,18+,19+/m0/s1. The van der Waals surface area contributed by atoms with Crippen LogP contribution in [0.3, 0.4) is 0 Å². The molecule has 0 radical (unpaired) electrons. The summed E-state index contributed by atoms with van der Waals surface area (Å²) in [7, 11) is 0. The molecule has 0 aromatic carbocycles. The van der Waals surface area contributed by atoms with Crippen molar-refractivity contribution in [3.63, 3.8) is 0 Å². The molecule has 130 valence electrons. The van der Waals surface area contributed by atoms with Crippen LogP contribution in [0.4, 0.5) is 0 Å². The summed E-state index contributed by atoms with van der Waals surface area (Å²) in [6, 6.07) is 0. The topological polar surface area (TPSA) is 77.8 Å². The van der Waals surface area contributed by atoms with Crippen LogP contribution in [0.25, 0.3) is 0 Å². The summed E-state index contributed by atoms with van der Waals surface area (Å²) < 4.78 is 0. The van der Waals surface area contributed by atoms with Crippen LogP contribution in [0.1, 0.15) is 65.2 Å². The number of aliphatic hydroxyl groups is 3. The maximum Gasteiger partial charge on any atom is 0.139 e. The zero-order chi connectivity index (χ0) is 16.6. The number of fused-ring (bicyclic) bond motifs is 5. The number of carbonyl (C=O) groups is 1. The Kier molecular flexibility index (Phi) is 3.35. The molecule has 0 bridgehead atoms. The van der Waals surface area contributed by atoms with E-state index in [1.54, 1.807) is 0 Å². The van der Waals surface area contributed by atoms with Crippen molar-refractivity contribution in [1.82, 2.24) is 0 Å². The van der Waals surface area contributed by atoms with Crippen LogP contribution in [0.2, 0.25) is 0 Å². The Morgan fingerprint density at radius 3 is 2.52 bits per heavy atom. The molecule has 4 heteroatoms. The molecule has 0 aromatic heterocycles. The first-order chi connectivity index (χ1) is 10.7. The van der Waals surface area contributed by atoms with Gasteiger partial charge in [0.15, 0.2) is 0 Å². The highest BCUT2D eigenvalue weighted by Crippen LogP contribution is 2.66. The number of hydrogen-bond donors (Lipinski definition) is 3. The zero-order valence-electron chi connectivity index (χ0n) is 14.3. The number of aliphatic hydroxyl groups excluding tert-OH is 2. The van der Waals surface area contributed by atoms with Crippen LogP contribution in [-0.4, -0.2) is 38.9 Å². The highest BCUT2D eigenvalue weighted by atomic mass is 16.3. The zero-order valence-corrected chi connectivity index (χ0v) is 14.3. The number of carbonyl (C=O) groups excluding carboxylic acids is 1. The molecule has 4 aliphatic rings. The summed E-state index contributed by atoms with van der Waals surface area (Å²) in [6.07, 6.45) is 4.54. The lowest BCUT2D eigenvalue weighted by molar-refractivity contribution is -0.262. The van der Waals surface area contributed by atoms with Crippen LogP contribution < -0.4 is 0 Å². The molecule has 4 nitrogen and oxygen atoms in total. The highest BCUT2D eigenvalue weighted by molar-refractivity contribution is 5.87. The summed E-state index contributed by atoms with van der Waals surface area (Å²) >= 11 is 0. The smallest absolute Gasteiger partial charge is 0.139 e. The first-order valence-corrected chi connectivity index (χ1v) is 9.34. The van der Waals surface area contributed by atoms with Crippen LogP contribution in [0.15, 0.2) is 0 Å². The summed E-state index contributed by atoms with van der Waals surface area (Å²) in [4.78, 5) is 12.4. The third-order valence-electron chi connectivity index (χ3n) is 8.54. The molecule has 0 heterocycles. The van der Waals surface area contributed by atoms with E-state index in [-0.39, 0.29) is 17.3 Å². The molecule has 0 saturated heterocycles. The van der Waals surface area contributed by atoms with Gasteiger partial charge in [0.25, 0.3) is 0 Å². The van der Waals surface area contributed by atoms with Gasteiger partial charge in [-0.3, -0.25) is 4.79 Å². The minimum atomic E-state index is -1.18. The van der Waals surface area contributed by atoms with Crippen molar-refractivity contribution in [2.45, 2.75) is 83.0 Å². The molecule has 0 amide bonds. The Hall–Kier alpha value is -0.450. The number of hydrogen-bond acceptors (Lipinski definition) is 4. The van der Waals surface area contributed by atoms with Gasteiger partial charge in [0.05, 0.1) is 17.8 Å². The number of Topliss-reactive ketones (excluding diaryl/α,β-unsaturated/α-hetero) is 1.